The van der Waals surface area contributed by atoms with Crippen LogP contribution >= 0.6 is 0 Å². The first kappa shape index (κ1) is 16.9. The average molecular weight is 271 g/mol. The molecule has 114 valence electrons. The van der Waals surface area contributed by atoms with E-state index < -0.39 is 0 Å². The van der Waals surface area contributed by atoms with Gasteiger partial charge in [0.2, 0.25) is 0 Å². The van der Waals surface area contributed by atoms with Crippen LogP contribution in [-0.2, 0) is 4.74 Å². The Morgan fingerprint density at radius 2 is 1.89 bits per heavy atom. The first-order valence-corrected chi connectivity index (χ1v) is 7.80. The standard InChI is InChI=1S/C15H33N3O/c1-6-19-9-7-8-16-10-13(2)18-11-14(3)17(5)15(4)12-18/h13-16H,6-12H2,1-5H3. The van der Waals surface area contributed by atoms with Crippen LogP contribution in [0.25, 0.3) is 0 Å². The lowest BCUT2D eigenvalue weighted by molar-refractivity contribution is 0.0380. The van der Waals surface area contributed by atoms with Gasteiger partial charge in [-0.05, 0) is 47.7 Å². The number of hydrogen-bond donors (Lipinski definition) is 1. The van der Waals surface area contributed by atoms with Crippen molar-refractivity contribution in [3.8, 4) is 0 Å². The van der Waals surface area contributed by atoms with Crippen molar-refractivity contribution in [2.45, 2.75) is 52.2 Å². The van der Waals surface area contributed by atoms with Crippen LogP contribution in [0.4, 0.5) is 0 Å². The maximum Gasteiger partial charge on any atom is 0.0477 e. The largest absolute Gasteiger partial charge is 0.382 e. The summed E-state index contributed by atoms with van der Waals surface area (Å²) in [6.07, 6.45) is 1.11. The summed E-state index contributed by atoms with van der Waals surface area (Å²) in [6, 6.07) is 1.93. The molecule has 1 N–H and O–H groups in total. The normalized spacial score (nSPS) is 27.6. The molecule has 4 heteroatoms. The van der Waals surface area contributed by atoms with Crippen molar-refractivity contribution in [2.24, 2.45) is 0 Å². The van der Waals surface area contributed by atoms with Gasteiger partial charge in [0.25, 0.3) is 0 Å². The molecule has 0 amide bonds. The summed E-state index contributed by atoms with van der Waals surface area (Å²) in [5.74, 6) is 0. The molecule has 0 radical (unpaired) electrons. The third-order valence-electron chi connectivity index (χ3n) is 4.30. The molecule has 0 aliphatic carbocycles. The number of ether oxygens (including phenoxy) is 1. The maximum absolute atomic E-state index is 5.34. The molecule has 0 bridgehead atoms. The van der Waals surface area contributed by atoms with E-state index in [1.165, 1.54) is 13.1 Å². The fourth-order valence-electron chi connectivity index (χ4n) is 2.69. The SMILES string of the molecule is CCOCCCNCC(C)N1CC(C)N(C)C(C)C1. The Morgan fingerprint density at radius 3 is 2.47 bits per heavy atom. The van der Waals surface area contributed by atoms with Crippen LogP contribution in [-0.4, -0.2) is 74.4 Å². The third kappa shape index (κ3) is 5.78. The van der Waals surface area contributed by atoms with Gasteiger partial charge in [-0.15, -0.1) is 0 Å². The van der Waals surface area contributed by atoms with Gasteiger partial charge in [0, 0.05) is 51.0 Å². The van der Waals surface area contributed by atoms with Crippen LogP contribution in [0.1, 0.15) is 34.1 Å². The Bertz CT molecular complexity index is 225. The van der Waals surface area contributed by atoms with Crippen molar-refractivity contribution < 1.29 is 4.74 Å². The number of hydrogen-bond acceptors (Lipinski definition) is 4. The minimum absolute atomic E-state index is 0.616. The molecular weight excluding hydrogens is 238 g/mol. The molecule has 0 saturated carbocycles. The van der Waals surface area contributed by atoms with E-state index in [0.29, 0.717) is 18.1 Å². The molecule has 0 spiro atoms. The maximum atomic E-state index is 5.34. The zero-order valence-electron chi connectivity index (χ0n) is 13.5. The van der Waals surface area contributed by atoms with E-state index in [1.54, 1.807) is 0 Å². The smallest absolute Gasteiger partial charge is 0.0477 e. The molecule has 0 aromatic rings. The summed E-state index contributed by atoms with van der Waals surface area (Å²) < 4.78 is 5.34. The molecular formula is C15H33N3O. The second-order valence-electron chi connectivity index (χ2n) is 5.92. The summed E-state index contributed by atoms with van der Waals surface area (Å²) in [7, 11) is 2.24. The second kappa shape index (κ2) is 8.90. The Morgan fingerprint density at radius 1 is 1.26 bits per heavy atom. The van der Waals surface area contributed by atoms with E-state index in [0.717, 1.165) is 32.7 Å². The van der Waals surface area contributed by atoms with E-state index >= 15 is 0 Å². The van der Waals surface area contributed by atoms with Crippen molar-refractivity contribution in [3.05, 3.63) is 0 Å². The van der Waals surface area contributed by atoms with Gasteiger partial charge in [0.15, 0.2) is 0 Å². The highest BCUT2D eigenvalue weighted by Crippen LogP contribution is 2.15. The summed E-state index contributed by atoms with van der Waals surface area (Å²) in [5, 5.41) is 3.55. The molecule has 4 nitrogen and oxygen atoms in total. The van der Waals surface area contributed by atoms with Gasteiger partial charge in [0.1, 0.15) is 0 Å². The number of piperazine rings is 1. The first-order chi connectivity index (χ1) is 9.06. The monoisotopic (exact) mass is 271 g/mol. The molecule has 19 heavy (non-hydrogen) atoms. The zero-order chi connectivity index (χ0) is 14.3. The Balaban J connectivity index is 2.17. The van der Waals surface area contributed by atoms with E-state index in [2.05, 4.69) is 42.9 Å². The van der Waals surface area contributed by atoms with Crippen molar-refractivity contribution in [2.75, 3.05) is 46.4 Å². The van der Waals surface area contributed by atoms with Gasteiger partial charge < -0.3 is 10.1 Å². The number of nitrogens with zero attached hydrogens (tertiary/aromatic N) is 2. The highest BCUT2D eigenvalue weighted by atomic mass is 16.5. The number of likely N-dealkylation sites (N-methyl/N-ethyl adjacent to an activating group) is 1. The highest BCUT2D eigenvalue weighted by molar-refractivity contribution is 4.85. The van der Waals surface area contributed by atoms with E-state index in [-0.39, 0.29) is 0 Å². The second-order valence-corrected chi connectivity index (χ2v) is 5.92. The van der Waals surface area contributed by atoms with E-state index in [9.17, 15) is 0 Å². The first-order valence-electron chi connectivity index (χ1n) is 7.80. The van der Waals surface area contributed by atoms with Gasteiger partial charge in [-0.25, -0.2) is 0 Å². The molecule has 1 rings (SSSR count). The highest BCUT2D eigenvalue weighted by Gasteiger charge is 2.28. The quantitative estimate of drug-likeness (QED) is 0.676. The van der Waals surface area contributed by atoms with Crippen LogP contribution in [0.15, 0.2) is 0 Å². The topological polar surface area (TPSA) is 27.7 Å². The summed E-state index contributed by atoms with van der Waals surface area (Å²) in [4.78, 5) is 5.10. The van der Waals surface area contributed by atoms with Gasteiger partial charge in [-0.3, -0.25) is 9.80 Å². The lowest BCUT2D eigenvalue weighted by Crippen LogP contribution is -2.58. The lowest BCUT2D eigenvalue weighted by atomic mass is 10.1. The minimum Gasteiger partial charge on any atom is -0.382 e. The molecule has 0 aromatic heterocycles. The van der Waals surface area contributed by atoms with Gasteiger partial charge in [-0.1, -0.05) is 0 Å². The number of nitrogens with one attached hydrogen (secondary N) is 1. The predicted octanol–water partition coefficient (Wildman–Crippen LogP) is 1.42. The molecule has 1 heterocycles. The summed E-state index contributed by atoms with van der Waals surface area (Å²) in [6.45, 7) is 15.2. The third-order valence-corrected chi connectivity index (χ3v) is 4.30. The minimum atomic E-state index is 0.616. The van der Waals surface area contributed by atoms with Crippen LogP contribution in [0.2, 0.25) is 0 Å². The van der Waals surface area contributed by atoms with Crippen LogP contribution in [0.3, 0.4) is 0 Å². The Kier molecular flexibility index (Phi) is 7.91. The van der Waals surface area contributed by atoms with Crippen LogP contribution in [0, 0.1) is 0 Å². The van der Waals surface area contributed by atoms with Crippen molar-refractivity contribution in [3.63, 3.8) is 0 Å². The molecule has 1 fully saturated rings. The molecule has 1 aliphatic heterocycles. The van der Waals surface area contributed by atoms with Crippen LogP contribution < -0.4 is 5.32 Å². The predicted molar refractivity (Wildman–Crippen MR) is 81.7 cm³/mol. The van der Waals surface area contributed by atoms with Crippen LogP contribution in [0.5, 0.6) is 0 Å². The fraction of sp³-hybridized carbons (Fsp3) is 1.00. The van der Waals surface area contributed by atoms with Gasteiger partial charge >= 0.3 is 0 Å². The van der Waals surface area contributed by atoms with Gasteiger partial charge in [-0.2, -0.15) is 0 Å². The Labute approximate surface area is 119 Å². The zero-order valence-corrected chi connectivity index (χ0v) is 13.5. The molecule has 1 saturated heterocycles. The molecule has 0 aromatic carbocycles. The van der Waals surface area contributed by atoms with Crippen molar-refractivity contribution in [1.29, 1.82) is 0 Å². The summed E-state index contributed by atoms with van der Waals surface area (Å²) in [5.41, 5.74) is 0. The fourth-order valence-corrected chi connectivity index (χ4v) is 2.69. The molecule has 1 aliphatic rings. The number of rotatable bonds is 8. The average Bonchev–Trinajstić information content (AvgIpc) is 2.39. The molecule has 3 atom stereocenters. The van der Waals surface area contributed by atoms with E-state index in [4.69, 9.17) is 4.74 Å². The van der Waals surface area contributed by atoms with E-state index in [1.807, 2.05) is 6.92 Å². The molecule has 3 unspecified atom stereocenters. The lowest BCUT2D eigenvalue weighted by Gasteiger charge is -2.45. The van der Waals surface area contributed by atoms with Crippen molar-refractivity contribution in [1.82, 2.24) is 15.1 Å². The summed E-state index contributed by atoms with van der Waals surface area (Å²) >= 11 is 0. The van der Waals surface area contributed by atoms with Crippen molar-refractivity contribution >= 4 is 0 Å². The Hall–Kier alpha value is -0.160. The van der Waals surface area contributed by atoms with Gasteiger partial charge in [0.05, 0.1) is 0 Å².